The summed E-state index contributed by atoms with van der Waals surface area (Å²) in [5, 5.41) is 4.41. The Bertz CT molecular complexity index is 1280. The van der Waals surface area contributed by atoms with Crippen molar-refractivity contribution in [2.24, 2.45) is 5.10 Å². The highest BCUT2D eigenvalue weighted by Gasteiger charge is 2.27. The number of halogens is 1. The summed E-state index contributed by atoms with van der Waals surface area (Å²) in [7, 11) is -4.02. The van der Waals surface area contributed by atoms with E-state index in [9.17, 15) is 13.2 Å². The van der Waals surface area contributed by atoms with Crippen molar-refractivity contribution >= 4 is 45.1 Å². The summed E-state index contributed by atoms with van der Waals surface area (Å²) in [5.41, 5.74) is 5.42. The number of amides is 1. The lowest BCUT2D eigenvalue weighted by Gasteiger charge is -2.24. The van der Waals surface area contributed by atoms with Crippen LogP contribution in [0.15, 0.2) is 82.8 Å². The summed E-state index contributed by atoms with van der Waals surface area (Å²) in [6, 6.07) is 20.6. The van der Waals surface area contributed by atoms with Crippen molar-refractivity contribution in [3.05, 3.63) is 88.9 Å². The Hall–Kier alpha value is -3.36. The summed E-state index contributed by atoms with van der Waals surface area (Å²) in [6.07, 6.45) is 1.52. The standard InChI is InChI=1S/C26H29ClN4O3S/c1-4-30(5-2)22-15-12-21(13-16-22)18-28-29-26(32)19-31(23-14-11-20(3)25(27)17-23)35(33,34)24-9-7-6-8-10-24/h6-18H,4-5,19H2,1-3H3,(H,29,32)/b28-18-. The largest absolute Gasteiger partial charge is 0.372 e. The minimum atomic E-state index is -4.02. The molecule has 35 heavy (non-hydrogen) atoms. The van der Waals surface area contributed by atoms with E-state index < -0.39 is 22.5 Å². The maximum atomic E-state index is 13.4. The van der Waals surface area contributed by atoms with Crippen molar-refractivity contribution in [1.29, 1.82) is 0 Å². The summed E-state index contributed by atoms with van der Waals surface area (Å²) in [4.78, 5) is 15.0. The molecule has 7 nitrogen and oxygen atoms in total. The molecule has 0 radical (unpaired) electrons. The highest BCUT2D eigenvalue weighted by Crippen LogP contribution is 2.28. The van der Waals surface area contributed by atoms with Crippen molar-refractivity contribution in [3.8, 4) is 0 Å². The third-order valence-electron chi connectivity index (χ3n) is 5.49. The van der Waals surface area contributed by atoms with Gasteiger partial charge in [-0.2, -0.15) is 5.10 Å². The van der Waals surface area contributed by atoms with E-state index in [0.29, 0.717) is 5.02 Å². The normalized spacial score (nSPS) is 11.4. The first-order valence-corrected chi connectivity index (χ1v) is 13.1. The Kier molecular flexibility index (Phi) is 8.89. The average Bonchev–Trinajstić information content (AvgIpc) is 2.86. The quantitative estimate of drug-likeness (QED) is 0.311. The van der Waals surface area contributed by atoms with E-state index in [0.717, 1.165) is 34.2 Å². The third-order valence-corrected chi connectivity index (χ3v) is 7.68. The Labute approximate surface area is 212 Å². The van der Waals surface area contributed by atoms with Gasteiger partial charge in [0.1, 0.15) is 6.54 Å². The number of anilines is 2. The molecule has 0 aliphatic carbocycles. The second-order valence-electron chi connectivity index (χ2n) is 7.82. The summed E-state index contributed by atoms with van der Waals surface area (Å²) in [5.74, 6) is -0.586. The molecule has 0 aliphatic heterocycles. The van der Waals surface area contributed by atoms with Gasteiger partial charge >= 0.3 is 0 Å². The SMILES string of the molecule is CCN(CC)c1ccc(/C=N\NC(=O)CN(c2ccc(C)c(Cl)c2)S(=O)(=O)c2ccccc2)cc1. The van der Waals surface area contributed by atoms with Crippen LogP contribution < -0.4 is 14.6 Å². The van der Waals surface area contributed by atoms with Crippen LogP contribution in [0.1, 0.15) is 25.0 Å². The van der Waals surface area contributed by atoms with E-state index >= 15 is 0 Å². The molecule has 0 fully saturated rings. The molecule has 3 aromatic rings. The van der Waals surface area contributed by atoms with Gasteiger partial charge in [0.2, 0.25) is 0 Å². The molecular formula is C26H29ClN4O3S. The number of aryl methyl sites for hydroxylation is 1. The van der Waals surface area contributed by atoms with Crippen LogP contribution in [0.5, 0.6) is 0 Å². The van der Waals surface area contributed by atoms with E-state index in [1.807, 2.05) is 31.2 Å². The highest BCUT2D eigenvalue weighted by atomic mass is 35.5. The molecule has 0 spiro atoms. The molecule has 3 aromatic carbocycles. The molecule has 3 rings (SSSR count). The van der Waals surface area contributed by atoms with Crippen LogP contribution in [0.25, 0.3) is 0 Å². The minimum absolute atomic E-state index is 0.0706. The Morgan fingerprint density at radius 2 is 1.60 bits per heavy atom. The average molecular weight is 513 g/mol. The lowest BCUT2D eigenvalue weighted by Crippen LogP contribution is -2.39. The first kappa shape index (κ1) is 26.2. The second-order valence-corrected chi connectivity index (χ2v) is 10.1. The fourth-order valence-electron chi connectivity index (χ4n) is 3.48. The number of carbonyl (C=O) groups is 1. The molecule has 0 bridgehead atoms. The van der Waals surface area contributed by atoms with Crippen molar-refractivity contribution in [2.45, 2.75) is 25.7 Å². The van der Waals surface area contributed by atoms with E-state index in [-0.39, 0.29) is 10.6 Å². The lowest BCUT2D eigenvalue weighted by atomic mass is 10.2. The smallest absolute Gasteiger partial charge is 0.264 e. The summed E-state index contributed by atoms with van der Waals surface area (Å²) < 4.78 is 27.7. The van der Waals surface area contributed by atoms with Crippen molar-refractivity contribution in [2.75, 3.05) is 28.8 Å². The van der Waals surface area contributed by atoms with Crippen molar-refractivity contribution in [1.82, 2.24) is 5.43 Å². The molecule has 0 atom stereocenters. The van der Waals surface area contributed by atoms with Gasteiger partial charge in [0.05, 0.1) is 16.8 Å². The van der Waals surface area contributed by atoms with Crippen LogP contribution in [-0.2, 0) is 14.8 Å². The first-order valence-electron chi connectivity index (χ1n) is 11.3. The molecule has 0 heterocycles. The molecule has 0 aromatic heterocycles. The number of nitrogens with zero attached hydrogens (tertiary/aromatic N) is 3. The minimum Gasteiger partial charge on any atom is -0.372 e. The van der Waals surface area contributed by atoms with Crippen LogP contribution in [0.3, 0.4) is 0 Å². The van der Waals surface area contributed by atoms with Gasteiger partial charge in [0.15, 0.2) is 0 Å². The predicted molar refractivity (Wildman–Crippen MR) is 143 cm³/mol. The van der Waals surface area contributed by atoms with Crippen LogP contribution in [0.2, 0.25) is 5.02 Å². The molecule has 184 valence electrons. The molecule has 0 unspecified atom stereocenters. The second kappa shape index (κ2) is 11.9. The number of hydrogen-bond donors (Lipinski definition) is 1. The highest BCUT2D eigenvalue weighted by molar-refractivity contribution is 7.92. The Morgan fingerprint density at radius 1 is 0.971 bits per heavy atom. The van der Waals surface area contributed by atoms with Gasteiger partial charge in [0.25, 0.3) is 15.9 Å². The molecule has 9 heteroatoms. The van der Waals surface area contributed by atoms with E-state index in [1.54, 1.807) is 30.3 Å². The van der Waals surface area contributed by atoms with Gasteiger partial charge in [-0.15, -0.1) is 0 Å². The van der Waals surface area contributed by atoms with E-state index in [4.69, 9.17) is 11.6 Å². The van der Waals surface area contributed by atoms with Gasteiger partial charge < -0.3 is 4.90 Å². The van der Waals surface area contributed by atoms with Crippen LogP contribution in [0, 0.1) is 6.92 Å². The van der Waals surface area contributed by atoms with Gasteiger partial charge in [0, 0.05) is 23.8 Å². The molecule has 0 aliphatic rings. The monoisotopic (exact) mass is 512 g/mol. The van der Waals surface area contributed by atoms with Gasteiger partial charge in [-0.1, -0.05) is 48.0 Å². The molecule has 0 saturated carbocycles. The fourth-order valence-corrected chi connectivity index (χ4v) is 5.08. The van der Waals surface area contributed by atoms with Gasteiger partial charge in [-0.05, 0) is 68.3 Å². The predicted octanol–water partition coefficient (Wildman–Crippen LogP) is 4.84. The summed E-state index contributed by atoms with van der Waals surface area (Å²) in [6.45, 7) is 7.37. The maximum Gasteiger partial charge on any atom is 0.264 e. The summed E-state index contributed by atoms with van der Waals surface area (Å²) >= 11 is 6.24. The van der Waals surface area contributed by atoms with E-state index in [2.05, 4.69) is 29.3 Å². The zero-order valence-electron chi connectivity index (χ0n) is 20.0. The number of sulfonamides is 1. The van der Waals surface area contributed by atoms with Crippen LogP contribution in [-0.4, -0.2) is 40.2 Å². The lowest BCUT2D eigenvalue weighted by molar-refractivity contribution is -0.119. The van der Waals surface area contributed by atoms with Crippen molar-refractivity contribution < 1.29 is 13.2 Å². The molecule has 1 amide bonds. The number of hydrazone groups is 1. The number of carbonyl (C=O) groups excluding carboxylic acids is 1. The zero-order valence-corrected chi connectivity index (χ0v) is 21.6. The maximum absolute atomic E-state index is 13.4. The Morgan fingerprint density at radius 3 is 2.20 bits per heavy atom. The number of rotatable bonds is 10. The first-order chi connectivity index (χ1) is 16.8. The third kappa shape index (κ3) is 6.61. The van der Waals surface area contributed by atoms with Gasteiger partial charge in [-0.25, -0.2) is 13.8 Å². The molecule has 1 N–H and O–H groups in total. The molecular weight excluding hydrogens is 484 g/mol. The van der Waals surface area contributed by atoms with Gasteiger partial charge in [-0.3, -0.25) is 9.10 Å². The number of hydrogen-bond acceptors (Lipinski definition) is 5. The zero-order chi connectivity index (χ0) is 25.4. The van der Waals surface area contributed by atoms with Crippen LogP contribution >= 0.6 is 11.6 Å². The number of nitrogens with one attached hydrogen (secondary N) is 1. The fraction of sp³-hybridized carbons (Fsp3) is 0.231. The van der Waals surface area contributed by atoms with Crippen molar-refractivity contribution in [3.63, 3.8) is 0 Å². The molecule has 0 saturated heterocycles. The Balaban J connectivity index is 1.77. The van der Waals surface area contributed by atoms with E-state index in [1.165, 1.54) is 24.4 Å². The van der Waals surface area contributed by atoms with Crippen LogP contribution in [0.4, 0.5) is 11.4 Å². The number of benzene rings is 3. The topological polar surface area (TPSA) is 82.1 Å².